The van der Waals surface area contributed by atoms with E-state index >= 15 is 0 Å². The van der Waals surface area contributed by atoms with Crippen molar-refractivity contribution in [2.24, 2.45) is 0 Å². The highest BCUT2D eigenvalue weighted by atomic mass is 35.5. The molecular weight excluding hydrogens is 271 g/mol. The van der Waals surface area contributed by atoms with E-state index < -0.39 is 0 Å². The lowest BCUT2D eigenvalue weighted by molar-refractivity contribution is 0.478. The number of H-pyrrole nitrogens is 1. The van der Waals surface area contributed by atoms with Gasteiger partial charge in [-0.05, 0) is 25.5 Å². The van der Waals surface area contributed by atoms with E-state index in [2.05, 4.69) is 20.5 Å². The fourth-order valence-corrected chi connectivity index (χ4v) is 2.29. The summed E-state index contributed by atoms with van der Waals surface area (Å²) in [6, 6.07) is 5.74. The molecule has 1 aromatic heterocycles. The predicted octanol–water partition coefficient (Wildman–Crippen LogP) is 3.52. The number of nitrogens with zero attached hydrogens (tertiary/aromatic N) is 2. The average molecular weight is 285 g/mol. The minimum atomic E-state index is 0.0533. The van der Waals surface area contributed by atoms with Gasteiger partial charge in [0.1, 0.15) is 12.2 Å². The molecule has 2 atom stereocenters. The van der Waals surface area contributed by atoms with Crippen molar-refractivity contribution in [2.45, 2.75) is 25.9 Å². The highest BCUT2D eigenvalue weighted by molar-refractivity contribution is 6.42. The minimum Gasteiger partial charge on any atom is -0.301 e. The fraction of sp³-hybridized carbons (Fsp3) is 0.333. The molecule has 0 fully saturated rings. The summed E-state index contributed by atoms with van der Waals surface area (Å²) in [5.41, 5.74) is 0.968. The van der Waals surface area contributed by atoms with Gasteiger partial charge in [-0.1, -0.05) is 35.3 Å². The molecule has 96 valence electrons. The molecule has 6 heteroatoms. The second-order valence-corrected chi connectivity index (χ2v) is 4.91. The average Bonchev–Trinajstić information content (AvgIpc) is 2.86. The van der Waals surface area contributed by atoms with Crippen molar-refractivity contribution in [3.05, 3.63) is 46.0 Å². The van der Waals surface area contributed by atoms with Crippen LogP contribution in [0.15, 0.2) is 24.5 Å². The molecule has 1 aromatic carbocycles. The van der Waals surface area contributed by atoms with E-state index in [1.807, 2.05) is 26.0 Å². The SMILES string of the molecule is CC(NC(C)c1cccc(Cl)c1Cl)c1ncn[nH]1. The first-order chi connectivity index (χ1) is 8.59. The summed E-state index contributed by atoms with van der Waals surface area (Å²) in [4.78, 5) is 4.11. The summed E-state index contributed by atoms with van der Waals surface area (Å²) in [6.07, 6.45) is 1.49. The number of halogens is 2. The number of aromatic nitrogens is 3. The second-order valence-electron chi connectivity index (χ2n) is 4.12. The van der Waals surface area contributed by atoms with Crippen molar-refractivity contribution in [1.29, 1.82) is 0 Å². The van der Waals surface area contributed by atoms with Gasteiger partial charge in [-0.2, -0.15) is 5.10 Å². The van der Waals surface area contributed by atoms with E-state index in [1.54, 1.807) is 6.07 Å². The molecular formula is C12H14Cl2N4. The van der Waals surface area contributed by atoms with Gasteiger partial charge < -0.3 is 5.32 Å². The third-order valence-corrected chi connectivity index (χ3v) is 3.63. The Morgan fingerprint density at radius 1 is 1.22 bits per heavy atom. The molecule has 0 aliphatic heterocycles. The Bertz CT molecular complexity index is 513. The number of benzene rings is 1. The van der Waals surface area contributed by atoms with Crippen molar-refractivity contribution in [2.75, 3.05) is 0 Å². The third kappa shape index (κ3) is 2.83. The zero-order valence-corrected chi connectivity index (χ0v) is 11.6. The first-order valence-electron chi connectivity index (χ1n) is 5.64. The number of rotatable bonds is 4. The Balaban J connectivity index is 2.12. The van der Waals surface area contributed by atoms with E-state index in [0.29, 0.717) is 10.0 Å². The molecule has 2 N–H and O–H groups in total. The van der Waals surface area contributed by atoms with Gasteiger partial charge in [0.2, 0.25) is 0 Å². The molecule has 0 saturated heterocycles. The van der Waals surface area contributed by atoms with Gasteiger partial charge in [-0.3, -0.25) is 5.10 Å². The maximum Gasteiger partial charge on any atom is 0.141 e. The monoisotopic (exact) mass is 284 g/mol. The Labute approximate surface area is 116 Å². The van der Waals surface area contributed by atoms with Gasteiger partial charge in [0, 0.05) is 6.04 Å². The molecule has 0 spiro atoms. The topological polar surface area (TPSA) is 53.6 Å². The molecule has 0 aliphatic rings. The van der Waals surface area contributed by atoms with Crippen LogP contribution in [0.4, 0.5) is 0 Å². The highest BCUT2D eigenvalue weighted by Crippen LogP contribution is 2.30. The van der Waals surface area contributed by atoms with E-state index in [9.17, 15) is 0 Å². The summed E-state index contributed by atoms with van der Waals surface area (Å²) < 4.78 is 0. The number of aromatic amines is 1. The maximum absolute atomic E-state index is 6.19. The van der Waals surface area contributed by atoms with Gasteiger partial charge in [0.15, 0.2) is 0 Å². The first-order valence-corrected chi connectivity index (χ1v) is 6.40. The lowest BCUT2D eigenvalue weighted by atomic mass is 10.1. The van der Waals surface area contributed by atoms with Gasteiger partial charge in [0.05, 0.1) is 16.1 Å². The molecule has 0 radical (unpaired) electrons. The van der Waals surface area contributed by atoms with E-state index in [-0.39, 0.29) is 12.1 Å². The van der Waals surface area contributed by atoms with Crippen LogP contribution in [0, 0.1) is 0 Å². The largest absolute Gasteiger partial charge is 0.301 e. The van der Waals surface area contributed by atoms with Crippen LogP contribution in [-0.2, 0) is 0 Å². The van der Waals surface area contributed by atoms with Gasteiger partial charge in [-0.15, -0.1) is 0 Å². The highest BCUT2D eigenvalue weighted by Gasteiger charge is 2.16. The molecule has 0 amide bonds. The Morgan fingerprint density at radius 2 is 2.00 bits per heavy atom. The van der Waals surface area contributed by atoms with Crippen molar-refractivity contribution in [3.63, 3.8) is 0 Å². The number of hydrogen-bond donors (Lipinski definition) is 2. The Kier molecular flexibility index (Phi) is 4.22. The summed E-state index contributed by atoms with van der Waals surface area (Å²) in [7, 11) is 0. The Hall–Kier alpha value is -1.10. The summed E-state index contributed by atoms with van der Waals surface area (Å²) in [5, 5.41) is 11.2. The van der Waals surface area contributed by atoms with Gasteiger partial charge >= 0.3 is 0 Å². The first kappa shape index (κ1) is 13.3. The predicted molar refractivity (Wildman–Crippen MR) is 72.8 cm³/mol. The fourth-order valence-electron chi connectivity index (χ4n) is 1.82. The molecule has 0 aliphatic carbocycles. The standard InChI is InChI=1S/C12H14Cl2N4/c1-7(9-4-3-5-10(13)11(9)14)17-8(2)12-15-6-16-18-12/h3-8,17H,1-2H3,(H,15,16,18). The van der Waals surface area contributed by atoms with Crippen LogP contribution in [0.1, 0.15) is 37.3 Å². The molecule has 2 unspecified atom stereocenters. The smallest absolute Gasteiger partial charge is 0.141 e. The van der Waals surface area contributed by atoms with Crippen molar-refractivity contribution < 1.29 is 0 Å². The van der Waals surface area contributed by atoms with Crippen LogP contribution in [0.2, 0.25) is 10.0 Å². The molecule has 0 saturated carbocycles. The minimum absolute atomic E-state index is 0.0533. The Morgan fingerprint density at radius 3 is 2.67 bits per heavy atom. The zero-order chi connectivity index (χ0) is 13.1. The number of nitrogens with one attached hydrogen (secondary N) is 2. The van der Waals surface area contributed by atoms with Crippen LogP contribution in [-0.4, -0.2) is 15.2 Å². The van der Waals surface area contributed by atoms with Crippen LogP contribution in [0.5, 0.6) is 0 Å². The van der Waals surface area contributed by atoms with E-state index in [1.165, 1.54) is 6.33 Å². The van der Waals surface area contributed by atoms with Gasteiger partial charge in [-0.25, -0.2) is 4.98 Å². The molecule has 4 nitrogen and oxygen atoms in total. The molecule has 0 bridgehead atoms. The molecule has 2 rings (SSSR count). The third-order valence-electron chi connectivity index (χ3n) is 2.79. The maximum atomic E-state index is 6.19. The van der Waals surface area contributed by atoms with E-state index in [0.717, 1.165) is 11.4 Å². The zero-order valence-electron chi connectivity index (χ0n) is 10.1. The molecule has 2 aromatic rings. The summed E-state index contributed by atoms with van der Waals surface area (Å²) >= 11 is 12.2. The van der Waals surface area contributed by atoms with Crippen LogP contribution >= 0.6 is 23.2 Å². The summed E-state index contributed by atoms with van der Waals surface area (Å²) in [6.45, 7) is 4.04. The van der Waals surface area contributed by atoms with Crippen LogP contribution in [0.25, 0.3) is 0 Å². The van der Waals surface area contributed by atoms with Crippen LogP contribution < -0.4 is 5.32 Å². The summed E-state index contributed by atoms with van der Waals surface area (Å²) in [5.74, 6) is 0.792. The van der Waals surface area contributed by atoms with Crippen LogP contribution in [0.3, 0.4) is 0 Å². The lowest BCUT2D eigenvalue weighted by Gasteiger charge is -2.20. The molecule has 18 heavy (non-hydrogen) atoms. The van der Waals surface area contributed by atoms with Crippen molar-refractivity contribution in [1.82, 2.24) is 20.5 Å². The van der Waals surface area contributed by atoms with Crippen molar-refractivity contribution >= 4 is 23.2 Å². The second kappa shape index (κ2) is 5.69. The van der Waals surface area contributed by atoms with Crippen molar-refractivity contribution in [3.8, 4) is 0 Å². The van der Waals surface area contributed by atoms with Gasteiger partial charge in [0.25, 0.3) is 0 Å². The number of hydrogen-bond acceptors (Lipinski definition) is 3. The molecule has 1 heterocycles. The normalized spacial score (nSPS) is 14.4. The van der Waals surface area contributed by atoms with E-state index in [4.69, 9.17) is 23.2 Å². The lowest BCUT2D eigenvalue weighted by Crippen LogP contribution is -2.23. The quantitative estimate of drug-likeness (QED) is 0.903.